The Kier molecular flexibility index (Phi) is 4.88. The van der Waals surface area contributed by atoms with Crippen LogP contribution in [0.5, 0.6) is 0 Å². The lowest BCUT2D eigenvalue weighted by molar-refractivity contribution is -0.136. The zero-order valence-electron chi connectivity index (χ0n) is 13.2. The van der Waals surface area contributed by atoms with E-state index >= 15 is 0 Å². The van der Waals surface area contributed by atoms with E-state index in [0.29, 0.717) is 6.42 Å². The Bertz CT molecular complexity index is 499. The zero-order chi connectivity index (χ0) is 15.5. The van der Waals surface area contributed by atoms with Crippen molar-refractivity contribution in [3.05, 3.63) is 29.8 Å². The first-order valence-electron chi connectivity index (χ1n) is 7.69. The lowest BCUT2D eigenvalue weighted by atomic mass is 9.64. The van der Waals surface area contributed by atoms with Gasteiger partial charge in [0.05, 0.1) is 6.10 Å². The highest BCUT2D eigenvalue weighted by molar-refractivity contribution is 5.76. The SMILES string of the molecule is CCOC1CC(NC(=O)CCc2cccc(N)c2)C1(C)C. The molecule has 4 heteroatoms. The van der Waals surface area contributed by atoms with Crippen molar-refractivity contribution in [3.8, 4) is 0 Å². The van der Waals surface area contributed by atoms with Gasteiger partial charge in [0.15, 0.2) is 0 Å². The highest BCUT2D eigenvalue weighted by Crippen LogP contribution is 2.42. The van der Waals surface area contributed by atoms with Gasteiger partial charge in [0.1, 0.15) is 0 Å². The van der Waals surface area contributed by atoms with Crippen LogP contribution in [0.15, 0.2) is 24.3 Å². The van der Waals surface area contributed by atoms with Gasteiger partial charge >= 0.3 is 0 Å². The van der Waals surface area contributed by atoms with E-state index in [0.717, 1.165) is 30.7 Å². The Morgan fingerprint density at radius 2 is 2.24 bits per heavy atom. The molecule has 1 saturated carbocycles. The maximum atomic E-state index is 12.1. The lowest BCUT2D eigenvalue weighted by Crippen LogP contribution is -2.62. The minimum Gasteiger partial charge on any atom is -0.399 e. The van der Waals surface area contributed by atoms with E-state index in [1.54, 1.807) is 0 Å². The van der Waals surface area contributed by atoms with Crippen LogP contribution in [0.3, 0.4) is 0 Å². The second-order valence-electron chi connectivity index (χ2n) is 6.37. The normalized spacial score (nSPS) is 23.4. The first kappa shape index (κ1) is 15.8. The van der Waals surface area contributed by atoms with Crippen molar-refractivity contribution >= 4 is 11.6 Å². The number of anilines is 1. The van der Waals surface area contributed by atoms with Gasteiger partial charge in [0.2, 0.25) is 5.91 Å². The molecule has 0 heterocycles. The average Bonchev–Trinajstić information content (AvgIpc) is 2.44. The number of aryl methyl sites for hydroxylation is 1. The van der Waals surface area contributed by atoms with E-state index < -0.39 is 0 Å². The molecule has 21 heavy (non-hydrogen) atoms. The van der Waals surface area contributed by atoms with Crippen molar-refractivity contribution in [2.24, 2.45) is 5.41 Å². The van der Waals surface area contributed by atoms with Crippen LogP contribution in [-0.2, 0) is 16.0 Å². The third-order valence-corrected chi connectivity index (χ3v) is 4.47. The average molecular weight is 290 g/mol. The fourth-order valence-corrected chi connectivity index (χ4v) is 2.89. The minimum atomic E-state index is 0.0167. The molecule has 3 N–H and O–H groups in total. The first-order valence-corrected chi connectivity index (χ1v) is 7.69. The number of amides is 1. The highest BCUT2D eigenvalue weighted by Gasteiger charge is 2.49. The van der Waals surface area contributed by atoms with E-state index in [-0.39, 0.29) is 23.5 Å². The molecule has 2 rings (SSSR count). The number of carbonyl (C=O) groups excluding carboxylic acids is 1. The Hall–Kier alpha value is -1.55. The summed E-state index contributed by atoms with van der Waals surface area (Å²) in [6.07, 6.45) is 2.38. The molecule has 1 fully saturated rings. The Balaban J connectivity index is 1.78. The predicted molar refractivity (Wildman–Crippen MR) is 84.9 cm³/mol. The summed E-state index contributed by atoms with van der Waals surface area (Å²) < 4.78 is 5.68. The number of rotatable bonds is 6. The van der Waals surface area contributed by atoms with Crippen molar-refractivity contribution < 1.29 is 9.53 Å². The maximum Gasteiger partial charge on any atom is 0.220 e. The summed E-state index contributed by atoms with van der Waals surface area (Å²) in [5.74, 6) is 0.102. The molecule has 116 valence electrons. The second-order valence-corrected chi connectivity index (χ2v) is 6.37. The number of nitrogens with two attached hydrogens (primary N) is 1. The third-order valence-electron chi connectivity index (χ3n) is 4.47. The first-order chi connectivity index (χ1) is 9.93. The quantitative estimate of drug-likeness (QED) is 0.791. The predicted octanol–water partition coefficient (Wildman–Crippen LogP) is 2.52. The number of hydrogen-bond acceptors (Lipinski definition) is 3. The highest BCUT2D eigenvalue weighted by atomic mass is 16.5. The van der Waals surface area contributed by atoms with Crippen LogP contribution in [-0.4, -0.2) is 24.7 Å². The number of carbonyl (C=O) groups is 1. The molecule has 1 amide bonds. The van der Waals surface area contributed by atoms with Gasteiger partial charge in [-0.15, -0.1) is 0 Å². The molecule has 1 aliphatic carbocycles. The van der Waals surface area contributed by atoms with E-state index in [9.17, 15) is 4.79 Å². The van der Waals surface area contributed by atoms with Gasteiger partial charge in [-0.25, -0.2) is 0 Å². The second kappa shape index (κ2) is 6.48. The van der Waals surface area contributed by atoms with Gasteiger partial charge in [-0.2, -0.15) is 0 Å². The maximum absolute atomic E-state index is 12.1. The monoisotopic (exact) mass is 290 g/mol. The summed E-state index contributed by atoms with van der Waals surface area (Å²) in [5.41, 5.74) is 7.60. The topological polar surface area (TPSA) is 64.3 Å². The molecular formula is C17H26N2O2. The molecule has 0 saturated heterocycles. The largest absolute Gasteiger partial charge is 0.399 e. The molecule has 0 spiro atoms. The van der Waals surface area contributed by atoms with Gasteiger partial charge in [-0.3, -0.25) is 4.79 Å². The van der Waals surface area contributed by atoms with Crippen LogP contribution in [0.1, 0.15) is 39.2 Å². The summed E-state index contributed by atoms with van der Waals surface area (Å²) in [4.78, 5) is 12.1. The zero-order valence-corrected chi connectivity index (χ0v) is 13.2. The summed E-state index contributed by atoms with van der Waals surface area (Å²) in [7, 11) is 0. The molecule has 4 nitrogen and oxygen atoms in total. The Morgan fingerprint density at radius 1 is 1.48 bits per heavy atom. The van der Waals surface area contributed by atoms with Gasteiger partial charge in [-0.05, 0) is 37.5 Å². The van der Waals surface area contributed by atoms with E-state index in [1.807, 2.05) is 31.2 Å². The Labute approximate surface area is 127 Å². The summed E-state index contributed by atoms with van der Waals surface area (Å²) >= 11 is 0. The third kappa shape index (κ3) is 3.76. The smallest absolute Gasteiger partial charge is 0.220 e. The number of nitrogen functional groups attached to an aromatic ring is 1. The minimum absolute atomic E-state index is 0.0167. The number of nitrogens with one attached hydrogen (secondary N) is 1. The molecule has 0 bridgehead atoms. The molecule has 0 aliphatic heterocycles. The van der Waals surface area contributed by atoms with Crippen LogP contribution in [0, 0.1) is 5.41 Å². The van der Waals surface area contributed by atoms with E-state index in [4.69, 9.17) is 10.5 Å². The molecule has 2 atom stereocenters. The van der Waals surface area contributed by atoms with Crippen LogP contribution >= 0.6 is 0 Å². The fraction of sp³-hybridized carbons (Fsp3) is 0.588. The standard InChI is InChI=1S/C17H26N2O2/c1-4-21-15-11-14(17(15,2)3)19-16(20)9-8-12-6-5-7-13(18)10-12/h5-7,10,14-15H,4,8-9,11,18H2,1-3H3,(H,19,20). The van der Waals surface area contributed by atoms with Crippen molar-refractivity contribution in [1.82, 2.24) is 5.32 Å². The molecular weight excluding hydrogens is 264 g/mol. The Morgan fingerprint density at radius 3 is 2.86 bits per heavy atom. The van der Waals surface area contributed by atoms with Gasteiger partial charge in [0.25, 0.3) is 0 Å². The molecule has 1 aromatic carbocycles. The van der Waals surface area contributed by atoms with Crippen molar-refractivity contribution in [2.45, 2.75) is 52.2 Å². The number of hydrogen-bond donors (Lipinski definition) is 2. The van der Waals surface area contributed by atoms with Crippen LogP contribution < -0.4 is 11.1 Å². The van der Waals surface area contributed by atoms with E-state index in [2.05, 4.69) is 19.2 Å². The van der Waals surface area contributed by atoms with Crippen LogP contribution in [0.2, 0.25) is 0 Å². The number of ether oxygens (including phenoxy) is 1. The molecule has 1 aromatic rings. The molecule has 0 radical (unpaired) electrons. The van der Waals surface area contributed by atoms with Crippen molar-refractivity contribution in [1.29, 1.82) is 0 Å². The summed E-state index contributed by atoms with van der Waals surface area (Å²) in [5, 5.41) is 3.13. The molecule has 1 aliphatic rings. The molecule has 2 unspecified atom stereocenters. The lowest BCUT2D eigenvalue weighted by Gasteiger charge is -2.51. The van der Waals surface area contributed by atoms with Crippen LogP contribution in [0.4, 0.5) is 5.69 Å². The van der Waals surface area contributed by atoms with Crippen molar-refractivity contribution in [2.75, 3.05) is 12.3 Å². The number of benzene rings is 1. The van der Waals surface area contributed by atoms with Gasteiger partial charge in [-0.1, -0.05) is 26.0 Å². The van der Waals surface area contributed by atoms with Gasteiger partial charge < -0.3 is 15.8 Å². The summed E-state index contributed by atoms with van der Waals surface area (Å²) in [6, 6.07) is 7.91. The summed E-state index contributed by atoms with van der Waals surface area (Å²) in [6.45, 7) is 7.04. The van der Waals surface area contributed by atoms with Gasteiger partial charge in [0, 0.05) is 30.2 Å². The van der Waals surface area contributed by atoms with E-state index in [1.165, 1.54) is 0 Å². The van der Waals surface area contributed by atoms with Crippen LogP contribution in [0.25, 0.3) is 0 Å². The fourth-order valence-electron chi connectivity index (χ4n) is 2.89. The van der Waals surface area contributed by atoms with Crippen molar-refractivity contribution in [3.63, 3.8) is 0 Å². The molecule has 0 aromatic heterocycles.